The van der Waals surface area contributed by atoms with E-state index in [1.54, 1.807) is 12.1 Å². The number of fused-ring (bicyclic) bond motifs is 1. The highest BCUT2D eigenvalue weighted by Crippen LogP contribution is 2.67. The topological polar surface area (TPSA) is 41.5 Å². The first-order valence-electron chi connectivity index (χ1n) is 6.59. The fourth-order valence-corrected chi connectivity index (χ4v) is 3.54. The Morgan fingerprint density at radius 1 is 1.25 bits per heavy atom. The maximum absolute atomic E-state index is 12.1. The lowest BCUT2D eigenvalue weighted by Gasteiger charge is -2.30. The normalized spacial score (nSPS) is 32.6. The van der Waals surface area contributed by atoms with Gasteiger partial charge in [-0.05, 0) is 37.1 Å². The van der Waals surface area contributed by atoms with Crippen LogP contribution in [0.4, 0.5) is 13.2 Å². The van der Waals surface area contributed by atoms with E-state index in [1.807, 2.05) is 0 Å². The number of rotatable bonds is 3. The molecule has 2 aliphatic rings. The number of aliphatic hydroxyl groups excluding tert-OH is 1. The Kier molecular flexibility index (Phi) is 2.99. The first kappa shape index (κ1) is 13.7. The smallest absolute Gasteiger partial charge is 0.406 e. The van der Waals surface area contributed by atoms with E-state index in [4.69, 9.17) is 0 Å². The van der Waals surface area contributed by atoms with Crippen LogP contribution in [0.5, 0.6) is 5.75 Å². The third-order valence-electron chi connectivity index (χ3n) is 4.67. The maximum atomic E-state index is 12.1. The zero-order valence-corrected chi connectivity index (χ0v) is 10.8. The molecule has 6 heteroatoms. The lowest BCUT2D eigenvalue weighted by atomic mass is 9.81. The van der Waals surface area contributed by atoms with Gasteiger partial charge in [-0.15, -0.1) is 13.2 Å². The molecule has 2 atom stereocenters. The van der Waals surface area contributed by atoms with Crippen LogP contribution in [0.3, 0.4) is 0 Å². The van der Waals surface area contributed by atoms with Crippen molar-refractivity contribution in [2.75, 3.05) is 19.7 Å². The van der Waals surface area contributed by atoms with Gasteiger partial charge in [0, 0.05) is 17.4 Å². The van der Waals surface area contributed by atoms with Crippen LogP contribution >= 0.6 is 0 Å². The third-order valence-corrected chi connectivity index (χ3v) is 4.67. The van der Waals surface area contributed by atoms with Gasteiger partial charge in [0.25, 0.3) is 0 Å². The molecular weight excluding hydrogens is 271 g/mol. The fraction of sp³-hybridized carbons (Fsp3) is 0.571. The summed E-state index contributed by atoms with van der Waals surface area (Å²) in [5, 5.41) is 12.9. The van der Waals surface area contributed by atoms with Gasteiger partial charge in [0.15, 0.2) is 0 Å². The van der Waals surface area contributed by atoms with E-state index in [0.29, 0.717) is 0 Å². The summed E-state index contributed by atoms with van der Waals surface area (Å²) in [7, 11) is 0. The van der Waals surface area contributed by atoms with Crippen LogP contribution in [0.25, 0.3) is 0 Å². The van der Waals surface area contributed by atoms with E-state index in [2.05, 4.69) is 10.1 Å². The Balaban J connectivity index is 1.82. The monoisotopic (exact) mass is 287 g/mol. The number of hydrogen-bond donors (Lipinski definition) is 2. The summed E-state index contributed by atoms with van der Waals surface area (Å²) in [4.78, 5) is 0. The van der Waals surface area contributed by atoms with Crippen LogP contribution in [-0.4, -0.2) is 31.2 Å². The Morgan fingerprint density at radius 3 is 2.55 bits per heavy atom. The van der Waals surface area contributed by atoms with Crippen LogP contribution < -0.4 is 10.1 Å². The van der Waals surface area contributed by atoms with Crippen molar-refractivity contribution >= 4 is 0 Å². The average molecular weight is 287 g/mol. The predicted molar refractivity (Wildman–Crippen MR) is 66.4 cm³/mol. The molecule has 1 aromatic carbocycles. The molecule has 0 amide bonds. The Morgan fingerprint density at radius 2 is 1.95 bits per heavy atom. The molecule has 2 N–H and O–H groups in total. The molecule has 1 aliphatic carbocycles. The van der Waals surface area contributed by atoms with Gasteiger partial charge in [-0.25, -0.2) is 0 Å². The quantitative estimate of drug-likeness (QED) is 0.895. The van der Waals surface area contributed by atoms with E-state index in [9.17, 15) is 18.3 Å². The second kappa shape index (κ2) is 4.36. The molecule has 2 unspecified atom stereocenters. The molecule has 1 aromatic rings. The molecule has 3 rings (SSSR count). The van der Waals surface area contributed by atoms with E-state index >= 15 is 0 Å². The number of benzene rings is 1. The second-order valence-electron chi connectivity index (χ2n) is 5.70. The first-order chi connectivity index (χ1) is 9.41. The van der Waals surface area contributed by atoms with Gasteiger partial charge in [0.2, 0.25) is 0 Å². The molecule has 1 heterocycles. The van der Waals surface area contributed by atoms with Gasteiger partial charge in [-0.1, -0.05) is 12.1 Å². The van der Waals surface area contributed by atoms with Gasteiger partial charge in [-0.2, -0.15) is 0 Å². The average Bonchev–Trinajstić information content (AvgIpc) is 3.09. The highest BCUT2D eigenvalue weighted by Gasteiger charge is 2.68. The van der Waals surface area contributed by atoms with E-state index in [1.165, 1.54) is 12.1 Å². The summed E-state index contributed by atoms with van der Waals surface area (Å²) in [6.45, 7) is 1.72. The number of hydrogen-bond acceptors (Lipinski definition) is 3. The minimum atomic E-state index is -4.66. The van der Waals surface area contributed by atoms with Crippen molar-refractivity contribution in [3.8, 4) is 5.75 Å². The minimum absolute atomic E-state index is 0.0935. The van der Waals surface area contributed by atoms with Crippen LogP contribution in [0.1, 0.15) is 18.4 Å². The van der Waals surface area contributed by atoms with Gasteiger partial charge in [-0.3, -0.25) is 0 Å². The molecule has 0 spiro atoms. The molecule has 20 heavy (non-hydrogen) atoms. The van der Waals surface area contributed by atoms with Gasteiger partial charge in [0.1, 0.15) is 5.75 Å². The first-order valence-corrected chi connectivity index (χ1v) is 6.59. The molecule has 1 saturated carbocycles. The molecule has 3 nitrogen and oxygen atoms in total. The van der Waals surface area contributed by atoms with Gasteiger partial charge in [0.05, 0.1) is 6.61 Å². The Labute approximate surface area is 114 Å². The molecule has 0 aromatic heterocycles. The largest absolute Gasteiger partial charge is 0.573 e. The predicted octanol–water partition coefficient (Wildman–Crippen LogP) is 2.20. The second-order valence-corrected chi connectivity index (χ2v) is 5.70. The van der Waals surface area contributed by atoms with Crippen molar-refractivity contribution in [1.29, 1.82) is 0 Å². The van der Waals surface area contributed by atoms with E-state index in [-0.39, 0.29) is 23.2 Å². The summed E-state index contributed by atoms with van der Waals surface area (Å²) in [5.74, 6) is -0.207. The maximum Gasteiger partial charge on any atom is 0.573 e. The molecule has 110 valence electrons. The zero-order valence-electron chi connectivity index (χ0n) is 10.8. The fourth-order valence-electron chi connectivity index (χ4n) is 3.54. The summed E-state index contributed by atoms with van der Waals surface area (Å²) < 4.78 is 40.3. The van der Waals surface area contributed by atoms with Crippen LogP contribution in [0.2, 0.25) is 0 Å². The lowest BCUT2D eigenvalue weighted by Crippen LogP contribution is -2.40. The number of nitrogens with one attached hydrogen (secondary N) is 1. The number of alkyl halides is 3. The highest BCUT2D eigenvalue weighted by atomic mass is 19.4. The Bertz CT molecular complexity index is 502. The SMILES string of the molecule is OCC12CNCCC1(c1ccc(OC(F)(F)F)cc1)C2. The summed E-state index contributed by atoms with van der Waals surface area (Å²) >= 11 is 0. The summed E-state index contributed by atoms with van der Waals surface area (Å²) in [6, 6.07) is 6.06. The lowest BCUT2D eigenvalue weighted by molar-refractivity contribution is -0.274. The van der Waals surface area contributed by atoms with Crippen molar-refractivity contribution in [2.45, 2.75) is 24.6 Å². The molecule has 1 aliphatic heterocycles. The van der Waals surface area contributed by atoms with Crippen molar-refractivity contribution < 1.29 is 23.0 Å². The number of piperidine rings is 1. The van der Waals surface area contributed by atoms with Crippen molar-refractivity contribution in [2.24, 2.45) is 5.41 Å². The van der Waals surface area contributed by atoms with Crippen LogP contribution in [-0.2, 0) is 5.41 Å². The number of halogens is 3. The molecule has 0 radical (unpaired) electrons. The van der Waals surface area contributed by atoms with Crippen LogP contribution in [0, 0.1) is 5.41 Å². The Hall–Kier alpha value is -1.27. The molecular formula is C14H16F3NO2. The van der Waals surface area contributed by atoms with Gasteiger partial charge < -0.3 is 15.2 Å². The van der Waals surface area contributed by atoms with Crippen molar-refractivity contribution in [3.05, 3.63) is 29.8 Å². The minimum Gasteiger partial charge on any atom is -0.406 e. The highest BCUT2D eigenvalue weighted by molar-refractivity contribution is 5.42. The third kappa shape index (κ3) is 2.07. The number of aliphatic hydroxyl groups is 1. The number of ether oxygens (including phenoxy) is 1. The van der Waals surface area contributed by atoms with Crippen molar-refractivity contribution in [1.82, 2.24) is 5.32 Å². The van der Waals surface area contributed by atoms with Crippen LogP contribution in [0.15, 0.2) is 24.3 Å². The summed E-state index contributed by atoms with van der Waals surface area (Å²) in [5.41, 5.74) is 0.740. The van der Waals surface area contributed by atoms with E-state index in [0.717, 1.165) is 31.5 Å². The van der Waals surface area contributed by atoms with E-state index < -0.39 is 6.36 Å². The molecule has 0 bridgehead atoms. The van der Waals surface area contributed by atoms with Gasteiger partial charge >= 0.3 is 6.36 Å². The molecule has 2 fully saturated rings. The van der Waals surface area contributed by atoms with Crippen molar-refractivity contribution in [3.63, 3.8) is 0 Å². The standard InChI is InChI=1S/C14H16F3NO2/c15-14(16,17)20-11-3-1-10(2-4-11)13-5-6-18-8-12(13,7-13)9-19/h1-4,18-19H,5-9H2. The summed E-state index contributed by atoms with van der Waals surface area (Å²) in [6.07, 6.45) is -2.89. The zero-order chi connectivity index (χ0) is 14.4. The molecule has 1 saturated heterocycles.